The molecule has 0 fully saturated rings. The summed E-state index contributed by atoms with van der Waals surface area (Å²) in [4.78, 5) is 11.4. The van der Waals surface area contributed by atoms with Gasteiger partial charge in [0, 0.05) is 12.4 Å². The number of imidazole rings is 1. The van der Waals surface area contributed by atoms with Crippen LogP contribution in [-0.4, -0.2) is 15.0 Å². The highest BCUT2D eigenvalue weighted by Crippen LogP contribution is 2.31. The first-order valence-electron chi connectivity index (χ1n) is 4.09. The molecular weight excluding hydrogens is 216 g/mol. The third kappa shape index (κ3) is 2.08. The zero-order chi connectivity index (χ0) is 9.97. The molecule has 0 saturated carbocycles. The van der Waals surface area contributed by atoms with Gasteiger partial charge in [-0.05, 0) is 6.92 Å². The molecule has 74 valence electrons. The molecule has 0 unspecified atom stereocenters. The fourth-order valence-corrected chi connectivity index (χ4v) is 2.96. The molecule has 0 aliphatic rings. The van der Waals surface area contributed by atoms with Crippen molar-refractivity contribution >= 4 is 28.2 Å². The quantitative estimate of drug-likeness (QED) is 0.786. The van der Waals surface area contributed by atoms with Gasteiger partial charge in [-0.25, -0.2) is 9.97 Å². The van der Waals surface area contributed by atoms with E-state index >= 15 is 0 Å². The predicted octanol–water partition coefficient (Wildman–Crippen LogP) is 2.05. The van der Waals surface area contributed by atoms with Crippen molar-refractivity contribution in [3.63, 3.8) is 0 Å². The Labute approximate surface area is 90.0 Å². The first-order chi connectivity index (χ1) is 6.75. The molecule has 0 bridgehead atoms. The van der Waals surface area contributed by atoms with Crippen molar-refractivity contribution in [1.29, 1.82) is 0 Å². The van der Waals surface area contributed by atoms with Crippen molar-refractivity contribution in [3.8, 4) is 0 Å². The third-order valence-corrected chi connectivity index (χ3v) is 4.03. The number of hydrogen-bond acceptors (Lipinski definition) is 5. The summed E-state index contributed by atoms with van der Waals surface area (Å²) in [6.07, 6.45) is 3.58. The van der Waals surface area contributed by atoms with E-state index < -0.39 is 0 Å². The second-order valence-corrected chi connectivity index (χ2v) is 5.02. The summed E-state index contributed by atoms with van der Waals surface area (Å²) in [7, 11) is 0. The summed E-state index contributed by atoms with van der Waals surface area (Å²) in [5.41, 5.74) is 6.60. The third-order valence-electron chi connectivity index (χ3n) is 1.67. The van der Waals surface area contributed by atoms with E-state index in [1.54, 1.807) is 18.0 Å². The molecular formula is C8H10N4S2. The van der Waals surface area contributed by atoms with Crippen LogP contribution in [0.2, 0.25) is 0 Å². The highest BCUT2D eigenvalue weighted by atomic mass is 32.2. The van der Waals surface area contributed by atoms with Gasteiger partial charge in [-0.1, -0.05) is 11.3 Å². The van der Waals surface area contributed by atoms with Gasteiger partial charge in [0.2, 0.25) is 0 Å². The molecule has 0 saturated heterocycles. The molecule has 0 atom stereocenters. The molecule has 0 radical (unpaired) electrons. The Bertz CT molecular complexity index is 407. The van der Waals surface area contributed by atoms with E-state index in [1.807, 2.05) is 13.1 Å². The molecule has 0 amide bonds. The number of nitrogens with zero attached hydrogens (tertiary/aromatic N) is 2. The molecule has 2 heterocycles. The molecule has 3 N–H and O–H groups in total. The van der Waals surface area contributed by atoms with E-state index in [2.05, 4.69) is 15.0 Å². The van der Waals surface area contributed by atoms with Gasteiger partial charge in [0.15, 0.2) is 5.13 Å². The molecule has 0 spiro atoms. The van der Waals surface area contributed by atoms with Gasteiger partial charge in [-0.15, -0.1) is 11.8 Å². The summed E-state index contributed by atoms with van der Waals surface area (Å²) in [6, 6.07) is 0. The van der Waals surface area contributed by atoms with E-state index in [4.69, 9.17) is 5.73 Å². The minimum atomic E-state index is 0.629. The molecule has 0 aliphatic heterocycles. The minimum Gasteiger partial charge on any atom is -0.375 e. The molecule has 0 aromatic carbocycles. The van der Waals surface area contributed by atoms with Crippen molar-refractivity contribution < 1.29 is 0 Å². The Morgan fingerprint density at radius 2 is 2.50 bits per heavy atom. The van der Waals surface area contributed by atoms with Crippen molar-refractivity contribution in [1.82, 2.24) is 15.0 Å². The average Bonchev–Trinajstić information content (AvgIpc) is 2.72. The first-order valence-corrected chi connectivity index (χ1v) is 5.90. The monoisotopic (exact) mass is 226 g/mol. The number of thiazole rings is 1. The van der Waals surface area contributed by atoms with Gasteiger partial charge in [-0.2, -0.15) is 0 Å². The predicted molar refractivity (Wildman–Crippen MR) is 59.4 cm³/mol. The summed E-state index contributed by atoms with van der Waals surface area (Å²) >= 11 is 3.23. The van der Waals surface area contributed by atoms with Crippen molar-refractivity contribution in [2.45, 2.75) is 16.9 Å². The highest BCUT2D eigenvalue weighted by Gasteiger charge is 2.06. The molecule has 6 heteroatoms. The Hall–Kier alpha value is -1.01. The summed E-state index contributed by atoms with van der Waals surface area (Å²) in [5.74, 6) is 1.80. The van der Waals surface area contributed by atoms with Crippen LogP contribution in [0.5, 0.6) is 0 Å². The van der Waals surface area contributed by atoms with Crippen LogP contribution in [0.1, 0.15) is 11.5 Å². The van der Waals surface area contributed by atoms with Crippen LogP contribution in [0.15, 0.2) is 16.6 Å². The van der Waals surface area contributed by atoms with Crippen LogP contribution >= 0.6 is 23.1 Å². The van der Waals surface area contributed by atoms with Crippen molar-refractivity contribution in [2.75, 3.05) is 5.73 Å². The number of nitrogens with one attached hydrogen (secondary N) is 1. The fourth-order valence-electron chi connectivity index (χ4n) is 1.05. The van der Waals surface area contributed by atoms with Crippen LogP contribution in [0.3, 0.4) is 0 Å². The topological polar surface area (TPSA) is 67.6 Å². The molecule has 2 aromatic rings. The van der Waals surface area contributed by atoms with Crippen LogP contribution < -0.4 is 5.73 Å². The summed E-state index contributed by atoms with van der Waals surface area (Å²) in [6.45, 7) is 1.97. The van der Waals surface area contributed by atoms with E-state index in [0.717, 1.165) is 17.3 Å². The van der Waals surface area contributed by atoms with Gasteiger partial charge >= 0.3 is 0 Å². The number of aryl methyl sites for hydroxylation is 1. The molecule has 0 aliphatic carbocycles. The van der Waals surface area contributed by atoms with Crippen LogP contribution in [-0.2, 0) is 5.75 Å². The summed E-state index contributed by atoms with van der Waals surface area (Å²) < 4.78 is 1.17. The van der Waals surface area contributed by atoms with Gasteiger partial charge in [-0.3, -0.25) is 0 Å². The van der Waals surface area contributed by atoms with Crippen LogP contribution in [0, 0.1) is 6.92 Å². The molecule has 2 rings (SSSR count). The van der Waals surface area contributed by atoms with Crippen molar-refractivity contribution in [2.24, 2.45) is 0 Å². The average molecular weight is 226 g/mol. The van der Waals surface area contributed by atoms with Gasteiger partial charge < -0.3 is 10.7 Å². The lowest BCUT2D eigenvalue weighted by Crippen LogP contribution is -1.83. The van der Waals surface area contributed by atoms with Gasteiger partial charge in [0.25, 0.3) is 0 Å². The number of thioether (sulfide) groups is 1. The zero-order valence-corrected chi connectivity index (χ0v) is 9.28. The standard InChI is InChI=1S/C8H10N4S2/c1-5-7(14-8(9)12-5)13-4-6-10-2-3-11-6/h2-3H,4H2,1H3,(H2,9,12)(H,10,11). The normalized spacial score (nSPS) is 10.6. The van der Waals surface area contributed by atoms with E-state index in [0.29, 0.717) is 5.13 Å². The number of nitrogens with two attached hydrogens (primary N) is 1. The fraction of sp³-hybridized carbons (Fsp3) is 0.250. The minimum absolute atomic E-state index is 0.629. The number of aromatic nitrogens is 3. The van der Waals surface area contributed by atoms with Gasteiger partial charge in [0.05, 0.1) is 15.7 Å². The van der Waals surface area contributed by atoms with E-state index in [-0.39, 0.29) is 0 Å². The lowest BCUT2D eigenvalue weighted by molar-refractivity contribution is 1.12. The molecule has 4 nitrogen and oxygen atoms in total. The lowest BCUT2D eigenvalue weighted by atomic mass is 10.6. The molecule has 14 heavy (non-hydrogen) atoms. The number of rotatable bonds is 3. The maximum atomic E-state index is 5.60. The smallest absolute Gasteiger partial charge is 0.181 e. The number of anilines is 1. The second-order valence-electron chi connectivity index (χ2n) is 2.75. The lowest BCUT2D eigenvalue weighted by Gasteiger charge is -1.95. The van der Waals surface area contributed by atoms with E-state index in [9.17, 15) is 0 Å². The Balaban J connectivity index is 2.01. The Morgan fingerprint density at radius 3 is 3.07 bits per heavy atom. The maximum Gasteiger partial charge on any atom is 0.181 e. The number of nitrogen functional groups attached to an aromatic ring is 1. The largest absolute Gasteiger partial charge is 0.375 e. The SMILES string of the molecule is Cc1nc(N)sc1SCc1ncc[nH]1. The van der Waals surface area contributed by atoms with Crippen molar-refractivity contribution in [3.05, 3.63) is 23.9 Å². The second kappa shape index (κ2) is 4.02. The molecule has 2 aromatic heterocycles. The first kappa shape index (κ1) is 9.54. The Kier molecular flexibility index (Phi) is 2.74. The highest BCUT2D eigenvalue weighted by molar-refractivity contribution is 8.00. The number of H-pyrrole nitrogens is 1. The van der Waals surface area contributed by atoms with Crippen LogP contribution in [0.25, 0.3) is 0 Å². The van der Waals surface area contributed by atoms with Gasteiger partial charge in [0.1, 0.15) is 5.82 Å². The number of hydrogen-bond donors (Lipinski definition) is 2. The Morgan fingerprint density at radius 1 is 1.64 bits per heavy atom. The number of aromatic amines is 1. The van der Waals surface area contributed by atoms with Crippen LogP contribution in [0.4, 0.5) is 5.13 Å². The summed E-state index contributed by atoms with van der Waals surface area (Å²) in [5, 5.41) is 0.629. The van der Waals surface area contributed by atoms with E-state index in [1.165, 1.54) is 15.5 Å². The zero-order valence-electron chi connectivity index (χ0n) is 7.65. The maximum absolute atomic E-state index is 5.60.